The fourth-order valence-electron chi connectivity index (χ4n) is 3.31. The van der Waals surface area contributed by atoms with Gasteiger partial charge in [0.05, 0.1) is 5.69 Å². The van der Waals surface area contributed by atoms with E-state index in [1.165, 1.54) is 11.6 Å². The van der Waals surface area contributed by atoms with Gasteiger partial charge in [-0.2, -0.15) is 5.26 Å². The van der Waals surface area contributed by atoms with Crippen LogP contribution in [0.15, 0.2) is 42.5 Å². The van der Waals surface area contributed by atoms with E-state index in [4.69, 9.17) is 0 Å². The van der Waals surface area contributed by atoms with E-state index in [0.717, 1.165) is 5.56 Å². The third-order valence-electron chi connectivity index (χ3n) is 4.90. The highest BCUT2D eigenvalue weighted by atomic mass is 19.1. The molecular weight excluding hydrogens is 329 g/mol. The van der Waals surface area contributed by atoms with E-state index in [-0.39, 0.29) is 17.4 Å². The number of piperidine rings is 1. The number of nitrogens with one attached hydrogen (secondary N) is 1. The van der Waals surface area contributed by atoms with Crippen molar-refractivity contribution in [3.05, 3.63) is 65.0 Å². The number of hydrogen-bond donors (Lipinski definition) is 1. The van der Waals surface area contributed by atoms with Crippen molar-refractivity contribution in [2.75, 3.05) is 18.0 Å². The van der Waals surface area contributed by atoms with E-state index in [2.05, 4.69) is 5.32 Å². The van der Waals surface area contributed by atoms with Crippen molar-refractivity contribution in [3.8, 4) is 6.07 Å². The fourth-order valence-corrected chi connectivity index (χ4v) is 3.31. The Hall–Kier alpha value is -2.87. The van der Waals surface area contributed by atoms with Crippen molar-refractivity contribution in [2.24, 2.45) is 5.92 Å². The molecule has 0 aliphatic carbocycles. The van der Waals surface area contributed by atoms with Gasteiger partial charge < -0.3 is 10.2 Å². The molecule has 1 saturated heterocycles. The van der Waals surface area contributed by atoms with Crippen LogP contribution in [0.5, 0.6) is 0 Å². The second kappa shape index (κ2) is 8.01. The number of benzene rings is 2. The summed E-state index contributed by atoms with van der Waals surface area (Å²) in [7, 11) is 0. The van der Waals surface area contributed by atoms with Gasteiger partial charge in [0.2, 0.25) is 5.91 Å². The predicted octanol–water partition coefficient (Wildman–Crippen LogP) is 3.54. The quantitative estimate of drug-likeness (QED) is 0.917. The maximum absolute atomic E-state index is 13.8. The van der Waals surface area contributed by atoms with Crippen LogP contribution in [0.1, 0.15) is 29.5 Å². The van der Waals surface area contributed by atoms with Gasteiger partial charge in [-0.25, -0.2) is 4.39 Å². The van der Waals surface area contributed by atoms with Crippen LogP contribution < -0.4 is 10.2 Å². The van der Waals surface area contributed by atoms with Crippen LogP contribution >= 0.6 is 0 Å². The van der Waals surface area contributed by atoms with Gasteiger partial charge in [0.15, 0.2) is 0 Å². The van der Waals surface area contributed by atoms with Crippen LogP contribution in [-0.2, 0) is 11.3 Å². The molecule has 1 heterocycles. The van der Waals surface area contributed by atoms with E-state index in [1.807, 2.05) is 42.2 Å². The molecule has 0 aromatic heterocycles. The maximum atomic E-state index is 13.8. The van der Waals surface area contributed by atoms with Crippen LogP contribution in [0.2, 0.25) is 0 Å². The molecule has 1 aliphatic rings. The van der Waals surface area contributed by atoms with Gasteiger partial charge in [-0.1, -0.05) is 35.9 Å². The first-order valence-corrected chi connectivity index (χ1v) is 8.85. The van der Waals surface area contributed by atoms with Crippen LogP contribution in [-0.4, -0.2) is 19.0 Å². The predicted molar refractivity (Wildman–Crippen MR) is 99.1 cm³/mol. The topological polar surface area (TPSA) is 56.1 Å². The van der Waals surface area contributed by atoms with Gasteiger partial charge in [-0.3, -0.25) is 4.79 Å². The maximum Gasteiger partial charge on any atom is 0.223 e. The summed E-state index contributed by atoms with van der Waals surface area (Å²) < 4.78 is 13.8. The molecular formula is C21H22FN3O. The third-order valence-corrected chi connectivity index (χ3v) is 4.90. The number of carbonyl (C=O) groups is 1. The van der Waals surface area contributed by atoms with Crippen LogP contribution in [0.3, 0.4) is 0 Å². The zero-order valence-electron chi connectivity index (χ0n) is 14.8. The van der Waals surface area contributed by atoms with Crippen molar-refractivity contribution < 1.29 is 9.18 Å². The molecule has 2 aromatic carbocycles. The van der Waals surface area contributed by atoms with Gasteiger partial charge in [0.25, 0.3) is 0 Å². The van der Waals surface area contributed by atoms with Crippen molar-refractivity contribution in [3.63, 3.8) is 0 Å². The number of nitrogens with zero attached hydrogens (tertiary/aromatic N) is 2. The van der Waals surface area contributed by atoms with E-state index >= 15 is 0 Å². The van der Waals surface area contributed by atoms with E-state index in [9.17, 15) is 14.4 Å². The van der Waals surface area contributed by atoms with E-state index in [0.29, 0.717) is 38.2 Å². The number of carbonyl (C=O) groups excluding carboxylic acids is 1. The Bertz CT molecular complexity index is 818. The number of rotatable bonds is 4. The molecule has 0 bridgehead atoms. The van der Waals surface area contributed by atoms with Crippen LogP contribution in [0, 0.1) is 30.0 Å². The second-order valence-electron chi connectivity index (χ2n) is 6.71. The molecule has 3 rings (SSSR count). The van der Waals surface area contributed by atoms with E-state index < -0.39 is 5.82 Å². The Morgan fingerprint density at radius 2 is 1.92 bits per heavy atom. The smallest absolute Gasteiger partial charge is 0.223 e. The summed E-state index contributed by atoms with van der Waals surface area (Å²) in [6.45, 7) is 3.84. The minimum atomic E-state index is -0.497. The van der Waals surface area contributed by atoms with Gasteiger partial charge in [-0.05, 0) is 37.5 Å². The summed E-state index contributed by atoms with van der Waals surface area (Å²) in [5.41, 5.74) is 2.97. The molecule has 0 unspecified atom stereocenters. The normalized spacial score (nSPS) is 14.7. The van der Waals surface area contributed by atoms with Crippen molar-refractivity contribution in [1.29, 1.82) is 5.26 Å². The molecule has 5 heteroatoms. The van der Waals surface area contributed by atoms with Gasteiger partial charge in [0.1, 0.15) is 17.4 Å². The third kappa shape index (κ3) is 4.02. The number of anilines is 1. The Kier molecular flexibility index (Phi) is 5.52. The molecule has 0 saturated carbocycles. The van der Waals surface area contributed by atoms with Crippen molar-refractivity contribution in [2.45, 2.75) is 26.3 Å². The lowest BCUT2D eigenvalue weighted by Crippen LogP contribution is -2.40. The molecule has 0 atom stereocenters. The summed E-state index contributed by atoms with van der Waals surface area (Å²) in [5.74, 6) is -0.483. The molecule has 26 heavy (non-hydrogen) atoms. The van der Waals surface area contributed by atoms with Crippen molar-refractivity contribution in [1.82, 2.24) is 5.32 Å². The SMILES string of the molecule is Cc1ccc(CNC(=O)C2CCN(c3cccc(F)c3C#N)CC2)cc1. The lowest BCUT2D eigenvalue weighted by Gasteiger charge is -2.33. The lowest BCUT2D eigenvalue weighted by atomic mass is 9.95. The molecule has 1 fully saturated rings. The highest BCUT2D eigenvalue weighted by Crippen LogP contribution is 2.27. The molecule has 1 aliphatic heterocycles. The van der Waals surface area contributed by atoms with Crippen molar-refractivity contribution >= 4 is 11.6 Å². The summed E-state index contributed by atoms with van der Waals surface area (Å²) in [5, 5.41) is 12.2. The molecule has 134 valence electrons. The lowest BCUT2D eigenvalue weighted by molar-refractivity contribution is -0.125. The number of aryl methyl sites for hydroxylation is 1. The Labute approximate surface area is 153 Å². The first kappa shape index (κ1) is 17.9. The summed E-state index contributed by atoms with van der Waals surface area (Å²) in [4.78, 5) is 14.4. The molecule has 0 spiro atoms. The molecule has 1 amide bonds. The number of amides is 1. The standard InChI is InChI=1S/C21H22FN3O/c1-15-5-7-16(8-6-15)14-24-21(26)17-9-11-25(12-10-17)20-4-2-3-19(22)18(20)13-23/h2-8,17H,9-12,14H2,1H3,(H,24,26). The number of hydrogen-bond acceptors (Lipinski definition) is 3. The highest BCUT2D eigenvalue weighted by molar-refractivity contribution is 5.79. The number of halogens is 1. The van der Waals surface area contributed by atoms with E-state index in [1.54, 1.807) is 12.1 Å². The van der Waals surface area contributed by atoms with Crippen LogP contribution in [0.25, 0.3) is 0 Å². The highest BCUT2D eigenvalue weighted by Gasteiger charge is 2.26. The monoisotopic (exact) mass is 351 g/mol. The minimum absolute atomic E-state index is 0.0456. The molecule has 0 radical (unpaired) electrons. The Morgan fingerprint density at radius 1 is 1.23 bits per heavy atom. The minimum Gasteiger partial charge on any atom is -0.370 e. The molecule has 4 nitrogen and oxygen atoms in total. The first-order chi connectivity index (χ1) is 12.6. The second-order valence-corrected chi connectivity index (χ2v) is 6.71. The Balaban J connectivity index is 1.55. The fraction of sp³-hybridized carbons (Fsp3) is 0.333. The average molecular weight is 351 g/mol. The molecule has 1 N–H and O–H groups in total. The van der Waals surface area contributed by atoms with Crippen LogP contribution in [0.4, 0.5) is 10.1 Å². The first-order valence-electron chi connectivity index (χ1n) is 8.85. The largest absolute Gasteiger partial charge is 0.370 e. The summed E-state index contributed by atoms with van der Waals surface area (Å²) >= 11 is 0. The van der Waals surface area contributed by atoms with Gasteiger partial charge >= 0.3 is 0 Å². The summed E-state index contributed by atoms with van der Waals surface area (Å²) in [6, 6.07) is 14.7. The molecule has 2 aromatic rings. The zero-order valence-corrected chi connectivity index (χ0v) is 14.8. The zero-order chi connectivity index (χ0) is 18.5. The average Bonchev–Trinajstić information content (AvgIpc) is 2.67. The number of nitriles is 1. The summed E-state index contributed by atoms with van der Waals surface area (Å²) in [6.07, 6.45) is 1.39. The van der Waals surface area contributed by atoms with Gasteiger partial charge in [0, 0.05) is 25.6 Å². The Morgan fingerprint density at radius 3 is 2.58 bits per heavy atom. The van der Waals surface area contributed by atoms with Gasteiger partial charge in [-0.15, -0.1) is 0 Å².